The zero-order chi connectivity index (χ0) is 23.9. The predicted molar refractivity (Wildman–Crippen MR) is 131 cm³/mol. The lowest BCUT2D eigenvalue weighted by Gasteiger charge is -2.27. The van der Waals surface area contributed by atoms with E-state index in [0.717, 1.165) is 41.5 Å². The molecular formula is C26H28N2O5S. The molecule has 2 saturated heterocycles. The molecule has 2 heterocycles. The first-order valence-electron chi connectivity index (χ1n) is 11.5. The normalized spacial score (nSPS) is 17.4. The summed E-state index contributed by atoms with van der Waals surface area (Å²) in [7, 11) is 0. The van der Waals surface area contributed by atoms with Gasteiger partial charge >= 0.3 is 0 Å². The molecule has 0 bridgehead atoms. The number of carbonyl (C=O) groups is 3. The van der Waals surface area contributed by atoms with Crippen molar-refractivity contribution in [3.63, 3.8) is 0 Å². The fraction of sp³-hybridized carbons (Fsp3) is 0.346. The van der Waals surface area contributed by atoms with Crippen LogP contribution in [-0.4, -0.2) is 53.1 Å². The minimum atomic E-state index is -0.442. The molecule has 2 fully saturated rings. The van der Waals surface area contributed by atoms with Crippen molar-refractivity contribution in [2.45, 2.75) is 32.8 Å². The number of rotatable bonds is 8. The van der Waals surface area contributed by atoms with Gasteiger partial charge in [-0.2, -0.15) is 0 Å². The van der Waals surface area contributed by atoms with E-state index in [1.165, 1.54) is 0 Å². The average Bonchev–Trinajstić information content (AvgIpc) is 3.12. The second kappa shape index (κ2) is 11.2. The Kier molecular flexibility index (Phi) is 7.90. The molecule has 8 heteroatoms. The average molecular weight is 481 g/mol. The highest BCUT2D eigenvalue weighted by Gasteiger charge is 2.37. The summed E-state index contributed by atoms with van der Waals surface area (Å²) in [4.78, 5) is 40.9. The van der Waals surface area contributed by atoms with Gasteiger partial charge in [-0.1, -0.05) is 36.4 Å². The van der Waals surface area contributed by atoms with Crippen LogP contribution >= 0.6 is 11.8 Å². The van der Waals surface area contributed by atoms with Crippen LogP contribution < -0.4 is 9.47 Å². The number of hydrogen-bond acceptors (Lipinski definition) is 6. The summed E-state index contributed by atoms with van der Waals surface area (Å²) in [5.41, 5.74) is 1.75. The van der Waals surface area contributed by atoms with E-state index in [1.54, 1.807) is 23.1 Å². The van der Waals surface area contributed by atoms with Gasteiger partial charge in [-0.25, -0.2) is 0 Å². The number of likely N-dealkylation sites (tertiary alicyclic amines) is 1. The number of ether oxygens (including phenoxy) is 2. The highest BCUT2D eigenvalue weighted by Crippen LogP contribution is 2.35. The third-order valence-corrected chi connectivity index (χ3v) is 6.59. The van der Waals surface area contributed by atoms with Crippen LogP contribution in [0.3, 0.4) is 0 Å². The largest absolute Gasteiger partial charge is 0.490 e. The molecule has 178 valence electrons. The number of amides is 3. The Labute approximate surface area is 203 Å². The highest BCUT2D eigenvalue weighted by molar-refractivity contribution is 8.18. The van der Waals surface area contributed by atoms with Gasteiger partial charge < -0.3 is 14.4 Å². The lowest BCUT2D eigenvalue weighted by Crippen LogP contribution is -2.44. The molecule has 0 radical (unpaired) electrons. The molecular weight excluding hydrogens is 452 g/mol. The Morgan fingerprint density at radius 3 is 2.50 bits per heavy atom. The molecule has 0 saturated carbocycles. The third kappa shape index (κ3) is 5.80. The van der Waals surface area contributed by atoms with Gasteiger partial charge in [-0.05, 0) is 67.3 Å². The summed E-state index contributed by atoms with van der Waals surface area (Å²) in [6, 6.07) is 15.2. The number of imide groups is 1. The molecule has 2 aliphatic rings. The summed E-state index contributed by atoms with van der Waals surface area (Å²) < 4.78 is 11.7. The molecule has 0 aromatic heterocycles. The molecule has 2 aromatic rings. The first-order valence-corrected chi connectivity index (χ1v) is 12.3. The molecule has 0 spiro atoms. The number of nitrogens with zero attached hydrogens (tertiary/aromatic N) is 2. The lowest BCUT2D eigenvalue weighted by molar-refractivity contribution is -0.136. The van der Waals surface area contributed by atoms with Crippen molar-refractivity contribution in [2.24, 2.45) is 0 Å². The molecule has 0 unspecified atom stereocenters. The monoisotopic (exact) mass is 480 g/mol. The van der Waals surface area contributed by atoms with Crippen LogP contribution in [0.5, 0.6) is 11.5 Å². The maximum Gasteiger partial charge on any atom is 0.294 e. The quantitative estimate of drug-likeness (QED) is 0.509. The Morgan fingerprint density at radius 2 is 1.76 bits per heavy atom. The maximum absolute atomic E-state index is 12.9. The summed E-state index contributed by atoms with van der Waals surface area (Å²) in [5.74, 6) is 0.541. The topological polar surface area (TPSA) is 76.2 Å². The van der Waals surface area contributed by atoms with Gasteiger partial charge in [0.2, 0.25) is 5.91 Å². The summed E-state index contributed by atoms with van der Waals surface area (Å²) in [6.07, 6.45) is 4.68. The lowest BCUT2D eigenvalue weighted by atomic mass is 10.1. The van der Waals surface area contributed by atoms with Gasteiger partial charge in [-0.15, -0.1) is 0 Å². The van der Waals surface area contributed by atoms with Gasteiger partial charge in [0, 0.05) is 13.1 Å². The van der Waals surface area contributed by atoms with Crippen molar-refractivity contribution in [3.8, 4) is 11.5 Å². The number of piperidine rings is 1. The second-order valence-corrected chi connectivity index (χ2v) is 9.12. The summed E-state index contributed by atoms with van der Waals surface area (Å²) in [6.45, 7) is 3.91. The van der Waals surface area contributed by atoms with E-state index in [0.29, 0.717) is 43.4 Å². The molecule has 0 aliphatic carbocycles. The van der Waals surface area contributed by atoms with E-state index >= 15 is 0 Å². The van der Waals surface area contributed by atoms with E-state index < -0.39 is 11.1 Å². The minimum absolute atomic E-state index is 0.179. The van der Waals surface area contributed by atoms with Gasteiger partial charge in [0.1, 0.15) is 13.2 Å². The predicted octanol–water partition coefficient (Wildman–Crippen LogP) is 4.71. The van der Waals surface area contributed by atoms with Crippen molar-refractivity contribution < 1.29 is 23.9 Å². The molecule has 3 amide bonds. The van der Waals surface area contributed by atoms with Gasteiger partial charge in [0.15, 0.2) is 11.5 Å². The van der Waals surface area contributed by atoms with Crippen molar-refractivity contribution in [1.29, 1.82) is 0 Å². The van der Waals surface area contributed by atoms with E-state index in [4.69, 9.17) is 9.47 Å². The molecule has 2 aromatic carbocycles. The van der Waals surface area contributed by atoms with Crippen LogP contribution in [-0.2, 0) is 16.2 Å². The van der Waals surface area contributed by atoms with Crippen molar-refractivity contribution in [1.82, 2.24) is 9.80 Å². The standard InChI is InChI=1S/C26H28N2O5S/c1-2-32-22-15-20(11-12-21(22)33-18-19-9-5-3-6-10-19)16-23-25(30)28(26(31)34-23)17-24(29)27-13-7-4-8-14-27/h3,5-6,9-12,15-16H,2,4,7-8,13-14,17-18H2,1H3/b23-16+. The van der Waals surface area contributed by atoms with Crippen LogP contribution in [0.15, 0.2) is 53.4 Å². The molecule has 4 rings (SSSR count). The second-order valence-electron chi connectivity index (χ2n) is 8.12. The molecule has 0 atom stereocenters. The van der Waals surface area contributed by atoms with E-state index in [-0.39, 0.29) is 17.4 Å². The van der Waals surface area contributed by atoms with Gasteiger partial charge in [0.25, 0.3) is 11.1 Å². The van der Waals surface area contributed by atoms with Crippen molar-refractivity contribution >= 4 is 34.9 Å². The first kappa shape index (κ1) is 23.9. The van der Waals surface area contributed by atoms with E-state index in [1.807, 2.05) is 43.3 Å². The minimum Gasteiger partial charge on any atom is -0.490 e. The van der Waals surface area contributed by atoms with Crippen molar-refractivity contribution in [2.75, 3.05) is 26.2 Å². The smallest absolute Gasteiger partial charge is 0.294 e. The fourth-order valence-electron chi connectivity index (χ4n) is 3.90. The Bertz CT molecular complexity index is 1080. The summed E-state index contributed by atoms with van der Waals surface area (Å²) >= 11 is 0.852. The molecule has 2 aliphatic heterocycles. The zero-order valence-corrected chi connectivity index (χ0v) is 20.0. The third-order valence-electron chi connectivity index (χ3n) is 5.68. The Morgan fingerprint density at radius 1 is 1.00 bits per heavy atom. The van der Waals surface area contributed by atoms with E-state index in [2.05, 4.69) is 0 Å². The fourth-order valence-corrected chi connectivity index (χ4v) is 4.74. The summed E-state index contributed by atoms with van der Waals surface area (Å²) in [5, 5.41) is -0.422. The van der Waals surface area contributed by atoms with Crippen LogP contribution in [0.2, 0.25) is 0 Å². The SMILES string of the molecule is CCOc1cc(/C=C2/SC(=O)N(CC(=O)N3CCCCC3)C2=O)ccc1OCc1ccccc1. The number of carbonyl (C=O) groups excluding carboxylic acids is 3. The van der Waals surface area contributed by atoms with E-state index in [9.17, 15) is 14.4 Å². The number of benzene rings is 2. The molecule has 0 N–H and O–H groups in total. The van der Waals surface area contributed by atoms with Crippen molar-refractivity contribution in [3.05, 3.63) is 64.6 Å². The Balaban J connectivity index is 1.45. The van der Waals surface area contributed by atoms with Crippen LogP contribution in [0.4, 0.5) is 4.79 Å². The van der Waals surface area contributed by atoms with Crippen LogP contribution in [0.25, 0.3) is 6.08 Å². The maximum atomic E-state index is 12.9. The Hall–Kier alpha value is -3.26. The van der Waals surface area contributed by atoms with Crippen LogP contribution in [0.1, 0.15) is 37.3 Å². The molecule has 7 nitrogen and oxygen atoms in total. The van der Waals surface area contributed by atoms with Gasteiger partial charge in [0.05, 0.1) is 11.5 Å². The van der Waals surface area contributed by atoms with Gasteiger partial charge in [-0.3, -0.25) is 19.3 Å². The highest BCUT2D eigenvalue weighted by atomic mass is 32.2. The molecule has 34 heavy (non-hydrogen) atoms. The number of hydrogen-bond donors (Lipinski definition) is 0. The number of thioether (sulfide) groups is 1. The van der Waals surface area contributed by atoms with Crippen LogP contribution in [0, 0.1) is 0 Å². The zero-order valence-electron chi connectivity index (χ0n) is 19.2. The first-order chi connectivity index (χ1) is 16.5.